The smallest absolute Gasteiger partial charge is 0.365 e. The van der Waals surface area contributed by atoms with Crippen molar-refractivity contribution >= 4 is 36.8 Å². The Hall–Kier alpha value is -0.810. The van der Waals surface area contributed by atoms with Crippen LogP contribution in [0.3, 0.4) is 0 Å². The summed E-state index contributed by atoms with van der Waals surface area (Å²) in [6.45, 7) is 0. The number of aliphatic carboxylic acids is 2. The molecule has 0 amide bonds. The molecule has 0 unspecified atom stereocenters. The van der Waals surface area contributed by atoms with Crippen molar-refractivity contribution in [2.24, 2.45) is 0 Å². The number of carbonyl (C=O) groups is 2. The molecule has 4 nitrogen and oxygen atoms in total. The normalized spacial score (nSPS) is 9.00. The van der Waals surface area contributed by atoms with Crippen LogP contribution in [-0.2, 0) is 9.59 Å². The Morgan fingerprint density at radius 2 is 1.55 bits per heavy atom. The minimum atomic E-state index is -1.88. The van der Waals surface area contributed by atoms with Gasteiger partial charge in [0.25, 0.3) is 0 Å². The van der Waals surface area contributed by atoms with Crippen molar-refractivity contribution in [1.82, 2.24) is 0 Å². The lowest BCUT2D eigenvalue weighted by Crippen LogP contribution is -1.98. The highest BCUT2D eigenvalue weighted by Gasteiger charge is 2.06. The molecule has 0 aliphatic rings. The first kappa shape index (κ1) is 16.6. The molecule has 0 aromatic carbocycles. The van der Waals surface area contributed by atoms with Crippen LogP contribution in [0.2, 0.25) is 0 Å². The molecule has 0 aromatic rings. The molecular formula is C4H5Cl2FO4. The Bertz CT molecular complexity index is 179. The quantitative estimate of drug-likeness (QED) is 0.658. The summed E-state index contributed by atoms with van der Waals surface area (Å²) in [5.41, 5.74) is 0. The molecule has 7 heteroatoms. The van der Waals surface area contributed by atoms with Crippen LogP contribution in [0.15, 0.2) is 11.9 Å². The lowest BCUT2D eigenvalue weighted by Gasteiger charge is -1.82. The Morgan fingerprint density at radius 3 is 1.64 bits per heavy atom. The second-order valence-electron chi connectivity index (χ2n) is 1.14. The largest absolute Gasteiger partial charge is 0.478 e. The molecule has 0 aliphatic carbocycles. The third-order valence-corrected chi connectivity index (χ3v) is 0.455. The minimum absolute atomic E-state index is 0. The molecule has 0 saturated heterocycles. The fourth-order valence-corrected chi connectivity index (χ4v) is 0.170. The van der Waals surface area contributed by atoms with E-state index < -0.39 is 17.8 Å². The van der Waals surface area contributed by atoms with Gasteiger partial charge in [0.15, 0.2) is 0 Å². The van der Waals surface area contributed by atoms with Gasteiger partial charge in [0.05, 0.1) is 6.08 Å². The zero-order valence-electron chi connectivity index (χ0n) is 4.98. The first-order valence-electron chi connectivity index (χ1n) is 1.87. The Morgan fingerprint density at radius 1 is 1.18 bits per heavy atom. The van der Waals surface area contributed by atoms with Crippen LogP contribution >= 0.6 is 24.8 Å². The number of hydrogen-bond donors (Lipinski definition) is 2. The van der Waals surface area contributed by atoms with Crippen molar-refractivity contribution in [3.63, 3.8) is 0 Å². The van der Waals surface area contributed by atoms with E-state index in [1.165, 1.54) is 0 Å². The van der Waals surface area contributed by atoms with Gasteiger partial charge in [0, 0.05) is 0 Å². The van der Waals surface area contributed by atoms with Crippen LogP contribution < -0.4 is 0 Å². The molecule has 0 bridgehead atoms. The van der Waals surface area contributed by atoms with Gasteiger partial charge in [-0.25, -0.2) is 9.59 Å². The number of hydrogen-bond acceptors (Lipinski definition) is 2. The zero-order valence-corrected chi connectivity index (χ0v) is 6.62. The molecule has 0 fully saturated rings. The summed E-state index contributed by atoms with van der Waals surface area (Å²) < 4.78 is 11.7. The van der Waals surface area contributed by atoms with Crippen LogP contribution in [0.4, 0.5) is 4.39 Å². The van der Waals surface area contributed by atoms with Crippen molar-refractivity contribution in [3.05, 3.63) is 11.9 Å². The van der Waals surface area contributed by atoms with Gasteiger partial charge < -0.3 is 10.2 Å². The third kappa shape index (κ3) is 9.19. The summed E-state index contributed by atoms with van der Waals surface area (Å²) in [5.74, 6) is -5.17. The molecular weight excluding hydrogens is 202 g/mol. The van der Waals surface area contributed by atoms with Crippen LogP contribution in [0.5, 0.6) is 0 Å². The molecule has 0 radical (unpaired) electrons. The van der Waals surface area contributed by atoms with Crippen molar-refractivity contribution in [3.8, 4) is 0 Å². The van der Waals surface area contributed by atoms with E-state index in [4.69, 9.17) is 10.2 Å². The number of carboxylic acids is 2. The standard InChI is InChI=1S/C4H3FO4.2ClH/c5-2(4(8)9)1-3(6)7;;/h1H,(H,6,7)(H,8,9);2*1H/b2-1+;;. The molecule has 0 rings (SSSR count). The minimum Gasteiger partial charge on any atom is -0.478 e. The fourth-order valence-electron chi connectivity index (χ4n) is 0.170. The Balaban J connectivity index is -0.000000320. The van der Waals surface area contributed by atoms with Gasteiger partial charge in [-0.15, -0.1) is 24.8 Å². The molecule has 0 aromatic heterocycles. The Kier molecular flexibility index (Phi) is 11.0. The molecule has 0 heterocycles. The number of halogens is 3. The third-order valence-electron chi connectivity index (χ3n) is 0.455. The van der Waals surface area contributed by atoms with Crippen LogP contribution in [0.25, 0.3) is 0 Å². The van der Waals surface area contributed by atoms with Gasteiger partial charge in [-0.3, -0.25) is 0 Å². The Labute approximate surface area is 73.5 Å². The second-order valence-corrected chi connectivity index (χ2v) is 1.14. The number of carboxylic acid groups (broad SMARTS) is 2. The van der Waals surface area contributed by atoms with Gasteiger partial charge in [-0.1, -0.05) is 0 Å². The highest BCUT2D eigenvalue weighted by atomic mass is 35.5. The topological polar surface area (TPSA) is 74.6 Å². The second kappa shape index (κ2) is 7.30. The molecule has 11 heavy (non-hydrogen) atoms. The summed E-state index contributed by atoms with van der Waals surface area (Å²) in [6.07, 6.45) is -0.0255. The van der Waals surface area contributed by atoms with E-state index in [2.05, 4.69) is 0 Å². The summed E-state index contributed by atoms with van der Waals surface area (Å²) in [5, 5.41) is 15.5. The molecule has 0 spiro atoms. The summed E-state index contributed by atoms with van der Waals surface area (Å²) in [7, 11) is 0. The van der Waals surface area contributed by atoms with Crippen LogP contribution in [0.1, 0.15) is 0 Å². The van der Waals surface area contributed by atoms with E-state index in [9.17, 15) is 14.0 Å². The van der Waals surface area contributed by atoms with E-state index in [1.807, 2.05) is 0 Å². The van der Waals surface area contributed by atoms with Gasteiger partial charge in [-0.05, 0) is 0 Å². The predicted molar refractivity (Wildman–Crippen MR) is 39.0 cm³/mol. The maximum Gasteiger partial charge on any atom is 0.365 e. The van der Waals surface area contributed by atoms with Gasteiger partial charge in [-0.2, -0.15) is 4.39 Å². The summed E-state index contributed by atoms with van der Waals surface area (Å²) in [6, 6.07) is 0. The fraction of sp³-hybridized carbons (Fsp3) is 0. The molecule has 0 aliphatic heterocycles. The van der Waals surface area contributed by atoms with Gasteiger partial charge in [0.1, 0.15) is 0 Å². The van der Waals surface area contributed by atoms with Crippen LogP contribution in [-0.4, -0.2) is 22.2 Å². The first-order chi connectivity index (χ1) is 4.04. The van der Waals surface area contributed by atoms with Crippen molar-refractivity contribution in [1.29, 1.82) is 0 Å². The summed E-state index contributed by atoms with van der Waals surface area (Å²) in [4.78, 5) is 19.1. The summed E-state index contributed by atoms with van der Waals surface area (Å²) >= 11 is 0. The van der Waals surface area contributed by atoms with Crippen molar-refractivity contribution < 1.29 is 24.2 Å². The predicted octanol–water partition coefficient (Wildman–Crippen LogP) is 0.853. The lowest BCUT2D eigenvalue weighted by atomic mass is 10.5. The highest BCUT2D eigenvalue weighted by molar-refractivity contribution is 5.92. The van der Waals surface area contributed by atoms with E-state index in [0.717, 1.165) is 0 Å². The van der Waals surface area contributed by atoms with Gasteiger partial charge >= 0.3 is 11.9 Å². The number of rotatable bonds is 2. The van der Waals surface area contributed by atoms with E-state index >= 15 is 0 Å². The first-order valence-corrected chi connectivity index (χ1v) is 1.87. The van der Waals surface area contributed by atoms with E-state index in [1.54, 1.807) is 0 Å². The van der Waals surface area contributed by atoms with Crippen molar-refractivity contribution in [2.45, 2.75) is 0 Å². The molecule has 0 atom stereocenters. The lowest BCUT2D eigenvalue weighted by molar-refractivity contribution is -0.136. The van der Waals surface area contributed by atoms with Crippen molar-refractivity contribution in [2.75, 3.05) is 0 Å². The maximum absolute atomic E-state index is 11.7. The van der Waals surface area contributed by atoms with Gasteiger partial charge in [0.2, 0.25) is 5.83 Å². The van der Waals surface area contributed by atoms with E-state index in [0.29, 0.717) is 0 Å². The van der Waals surface area contributed by atoms with E-state index in [-0.39, 0.29) is 30.9 Å². The molecule has 0 saturated carbocycles. The maximum atomic E-state index is 11.7. The monoisotopic (exact) mass is 206 g/mol. The average molecular weight is 207 g/mol. The zero-order chi connectivity index (χ0) is 7.44. The highest BCUT2D eigenvalue weighted by Crippen LogP contribution is 1.93. The average Bonchev–Trinajstić information content (AvgIpc) is 1.63. The molecule has 2 N–H and O–H groups in total. The van der Waals surface area contributed by atoms with Crippen LogP contribution in [0, 0.1) is 0 Å². The molecule has 66 valence electrons. The SMILES string of the molecule is Cl.Cl.O=C(O)/C=C(/F)C(=O)O.